The van der Waals surface area contributed by atoms with E-state index in [1.807, 2.05) is 12.1 Å². The number of anilines is 1. The number of methoxy groups -OCH3 is 1. The Morgan fingerprint density at radius 3 is 2.67 bits per heavy atom. The lowest BCUT2D eigenvalue weighted by atomic mass is 9.76. The zero-order valence-corrected chi connectivity index (χ0v) is 14.5. The van der Waals surface area contributed by atoms with Crippen molar-refractivity contribution in [2.45, 2.75) is 18.4 Å². The van der Waals surface area contributed by atoms with E-state index in [1.54, 1.807) is 19.2 Å². The molecule has 0 radical (unpaired) electrons. The predicted molar refractivity (Wildman–Crippen MR) is 95.8 cm³/mol. The fraction of sp³-hybridized carbons (Fsp3) is 0.263. The van der Waals surface area contributed by atoms with E-state index in [4.69, 9.17) is 27.9 Å². The number of halogens is 3. The smallest absolute Gasteiger partial charge is 0.142 e. The SMILES string of the molecule is COc1ccc(Cl)c2c1N[C@@H](c1c(F)cccc1Cl)[C@H]1CC=C[C@@H]21. The number of fused-ring (bicyclic) bond motifs is 3. The van der Waals surface area contributed by atoms with Crippen LogP contribution in [0.3, 0.4) is 0 Å². The van der Waals surface area contributed by atoms with Gasteiger partial charge < -0.3 is 10.1 Å². The van der Waals surface area contributed by atoms with Gasteiger partial charge in [-0.25, -0.2) is 4.39 Å². The molecule has 4 rings (SSSR count). The van der Waals surface area contributed by atoms with Crippen LogP contribution in [0.4, 0.5) is 10.1 Å². The average molecular weight is 364 g/mol. The van der Waals surface area contributed by atoms with Crippen molar-refractivity contribution in [3.63, 3.8) is 0 Å². The number of nitrogens with one attached hydrogen (secondary N) is 1. The number of allylic oxidation sites excluding steroid dienone is 2. The molecule has 1 aliphatic heterocycles. The van der Waals surface area contributed by atoms with Gasteiger partial charge in [0, 0.05) is 27.1 Å². The molecule has 0 saturated heterocycles. The summed E-state index contributed by atoms with van der Waals surface area (Å²) in [5.74, 6) is 0.682. The van der Waals surface area contributed by atoms with E-state index in [-0.39, 0.29) is 23.7 Å². The van der Waals surface area contributed by atoms with Crippen molar-refractivity contribution in [2.75, 3.05) is 12.4 Å². The molecule has 0 spiro atoms. The average Bonchev–Trinajstić information content (AvgIpc) is 3.04. The summed E-state index contributed by atoms with van der Waals surface area (Å²) in [6.45, 7) is 0. The maximum Gasteiger partial charge on any atom is 0.142 e. The third-order valence-corrected chi connectivity index (χ3v) is 5.62. The van der Waals surface area contributed by atoms with E-state index in [0.29, 0.717) is 21.4 Å². The molecule has 2 aromatic rings. The van der Waals surface area contributed by atoms with Gasteiger partial charge in [-0.05, 0) is 36.6 Å². The molecule has 0 amide bonds. The molecule has 0 aromatic heterocycles. The van der Waals surface area contributed by atoms with Gasteiger partial charge in [-0.1, -0.05) is 41.4 Å². The van der Waals surface area contributed by atoms with Crippen LogP contribution >= 0.6 is 23.2 Å². The van der Waals surface area contributed by atoms with Crippen LogP contribution in [0, 0.1) is 11.7 Å². The summed E-state index contributed by atoms with van der Waals surface area (Å²) >= 11 is 12.8. The highest BCUT2D eigenvalue weighted by Crippen LogP contribution is 2.55. The maximum atomic E-state index is 14.5. The monoisotopic (exact) mass is 363 g/mol. The van der Waals surface area contributed by atoms with E-state index >= 15 is 0 Å². The number of benzene rings is 2. The zero-order chi connectivity index (χ0) is 16.8. The van der Waals surface area contributed by atoms with Crippen LogP contribution < -0.4 is 10.1 Å². The van der Waals surface area contributed by atoms with Gasteiger partial charge in [0.1, 0.15) is 11.6 Å². The Morgan fingerprint density at radius 1 is 1.12 bits per heavy atom. The first kappa shape index (κ1) is 15.8. The second kappa shape index (κ2) is 5.98. The third-order valence-electron chi connectivity index (χ3n) is 4.96. The molecule has 1 heterocycles. The Balaban J connectivity index is 1.90. The van der Waals surface area contributed by atoms with E-state index in [1.165, 1.54) is 6.07 Å². The number of rotatable bonds is 2. The first-order valence-electron chi connectivity index (χ1n) is 7.85. The van der Waals surface area contributed by atoms with E-state index in [9.17, 15) is 4.39 Å². The fourth-order valence-electron chi connectivity index (χ4n) is 3.90. The molecule has 0 fully saturated rings. The van der Waals surface area contributed by atoms with Crippen LogP contribution in [0.1, 0.15) is 29.5 Å². The summed E-state index contributed by atoms with van der Waals surface area (Å²) in [6, 6.07) is 8.24. The fourth-order valence-corrected chi connectivity index (χ4v) is 4.46. The quantitative estimate of drug-likeness (QED) is 0.663. The van der Waals surface area contributed by atoms with Gasteiger partial charge in [0.15, 0.2) is 0 Å². The summed E-state index contributed by atoms with van der Waals surface area (Å²) in [7, 11) is 1.62. The van der Waals surface area contributed by atoms with Crippen molar-refractivity contribution >= 4 is 28.9 Å². The zero-order valence-electron chi connectivity index (χ0n) is 13.0. The minimum atomic E-state index is -0.296. The Morgan fingerprint density at radius 2 is 1.92 bits per heavy atom. The Bertz CT molecular complexity index is 816. The standard InChI is InChI=1S/C19H16Cl2FNO/c1-24-15-9-8-13(21)16-10-4-2-5-11(10)18(23-19(15)16)17-12(20)6-3-7-14(17)22/h2-4,6-11,18,23H,5H2,1H3/t10-,11+,18-/m1/s1. The topological polar surface area (TPSA) is 21.3 Å². The van der Waals surface area contributed by atoms with Crippen LogP contribution in [-0.4, -0.2) is 7.11 Å². The summed E-state index contributed by atoms with van der Waals surface area (Å²) in [5, 5.41) is 4.58. The molecule has 1 N–H and O–H groups in total. The van der Waals surface area contributed by atoms with E-state index < -0.39 is 0 Å². The van der Waals surface area contributed by atoms with Crippen molar-refractivity contribution in [3.8, 4) is 5.75 Å². The van der Waals surface area contributed by atoms with Crippen LogP contribution in [0.5, 0.6) is 5.75 Å². The van der Waals surface area contributed by atoms with Gasteiger partial charge >= 0.3 is 0 Å². The van der Waals surface area contributed by atoms with Gasteiger partial charge in [-0.3, -0.25) is 0 Å². The second-order valence-electron chi connectivity index (χ2n) is 6.15. The Labute approximate surface area is 150 Å². The second-order valence-corrected chi connectivity index (χ2v) is 6.96. The summed E-state index contributed by atoms with van der Waals surface area (Å²) < 4.78 is 20.0. The molecule has 0 bridgehead atoms. The Kier molecular flexibility index (Phi) is 3.93. The lowest BCUT2D eigenvalue weighted by molar-refractivity contribution is 0.392. The maximum absolute atomic E-state index is 14.5. The van der Waals surface area contributed by atoms with Gasteiger partial charge in [-0.2, -0.15) is 0 Å². The molecular formula is C19H16Cl2FNO. The highest BCUT2D eigenvalue weighted by atomic mass is 35.5. The molecule has 0 saturated carbocycles. The molecule has 124 valence electrons. The molecule has 24 heavy (non-hydrogen) atoms. The van der Waals surface area contributed by atoms with Crippen LogP contribution in [0.25, 0.3) is 0 Å². The summed E-state index contributed by atoms with van der Waals surface area (Å²) in [6.07, 6.45) is 5.13. The summed E-state index contributed by atoms with van der Waals surface area (Å²) in [5.41, 5.74) is 2.34. The molecule has 0 unspecified atom stereocenters. The van der Waals surface area contributed by atoms with E-state index in [2.05, 4.69) is 17.5 Å². The number of hydrogen-bond acceptors (Lipinski definition) is 2. The molecular weight excluding hydrogens is 348 g/mol. The molecule has 2 aliphatic rings. The van der Waals surface area contributed by atoms with Crippen LogP contribution in [-0.2, 0) is 0 Å². The molecule has 5 heteroatoms. The van der Waals surface area contributed by atoms with Crippen LogP contribution in [0.2, 0.25) is 10.0 Å². The number of hydrogen-bond donors (Lipinski definition) is 1. The largest absolute Gasteiger partial charge is 0.495 e. The molecule has 2 nitrogen and oxygen atoms in total. The minimum Gasteiger partial charge on any atom is -0.495 e. The first-order chi connectivity index (χ1) is 11.6. The van der Waals surface area contributed by atoms with E-state index in [0.717, 1.165) is 17.7 Å². The summed E-state index contributed by atoms with van der Waals surface area (Å²) in [4.78, 5) is 0. The van der Waals surface area contributed by atoms with Gasteiger partial charge in [0.05, 0.1) is 18.8 Å². The third kappa shape index (κ3) is 2.30. The molecule has 1 aliphatic carbocycles. The van der Waals surface area contributed by atoms with Gasteiger partial charge in [0.25, 0.3) is 0 Å². The lowest BCUT2D eigenvalue weighted by Gasteiger charge is -2.39. The van der Waals surface area contributed by atoms with Crippen molar-refractivity contribution in [1.82, 2.24) is 0 Å². The highest BCUT2D eigenvalue weighted by Gasteiger charge is 2.41. The first-order valence-corrected chi connectivity index (χ1v) is 8.61. The predicted octanol–water partition coefficient (Wildman–Crippen LogP) is 5.97. The highest BCUT2D eigenvalue weighted by molar-refractivity contribution is 6.32. The number of ether oxygens (including phenoxy) is 1. The van der Waals surface area contributed by atoms with Crippen molar-refractivity contribution in [3.05, 3.63) is 69.5 Å². The lowest BCUT2D eigenvalue weighted by Crippen LogP contribution is -2.30. The van der Waals surface area contributed by atoms with Crippen molar-refractivity contribution in [2.24, 2.45) is 5.92 Å². The van der Waals surface area contributed by atoms with Gasteiger partial charge in [0.2, 0.25) is 0 Å². The van der Waals surface area contributed by atoms with Crippen molar-refractivity contribution < 1.29 is 9.13 Å². The van der Waals surface area contributed by atoms with Gasteiger partial charge in [-0.15, -0.1) is 0 Å². The molecule has 3 atom stereocenters. The molecule has 2 aromatic carbocycles. The van der Waals surface area contributed by atoms with Crippen molar-refractivity contribution in [1.29, 1.82) is 0 Å². The normalized spacial score (nSPS) is 24.2. The minimum absolute atomic E-state index is 0.115. The Hall–Kier alpha value is -1.71. The van der Waals surface area contributed by atoms with Crippen LogP contribution in [0.15, 0.2) is 42.5 Å².